The van der Waals surface area contributed by atoms with E-state index in [9.17, 15) is 19.1 Å². The number of nitrogens with zero attached hydrogens (tertiary/aromatic N) is 1. The van der Waals surface area contributed by atoms with Crippen LogP contribution in [0.4, 0.5) is 8.78 Å². The largest absolute Gasteiger partial charge is 0.494 e. The van der Waals surface area contributed by atoms with E-state index in [0.29, 0.717) is 34.5 Å². The van der Waals surface area contributed by atoms with Gasteiger partial charge in [0.2, 0.25) is 0 Å². The minimum Gasteiger partial charge on any atom is -0.494 e. The van der Waals surface area contributed by atoms with E-state index in [4.69, 9.17) is 32.7 Å². The molecule has 0 amide bonds. The fourth-order valence-electron chi connectivity index (χ4n) is 3.48. The average Bonchev–Trinajstić information content (AvgIpc) is 3.52. The first kappa shape index (κ1) is 20.7. The molecule has 5 nitrogen and oxygen atoms in total. The van der Waals surface area contributed by atoms with Crippen LogP contribution in [-0.4, -0.2) is 41.2 Å². The van der Waals surface area contributed by atoms with Gasteiger partial charge in [0, 0.05) is 35.6 Å². The number of alkyl halides is 2. The molecule has 4 aliphatic rings. The summed E-state index contributed by atoms with van der Waals surface area (Å²) in [6, 6.07) is 0. The van der Waals surface area contributed by atoms with Crippen LogP contribution < -0.4 is 0 Å². The molecule has 0 aromatic heterocycles. The molecule has 158 valence electrons. The minimum absolute atomic E-state index is 0.0605. The van der Waals surface area contributed by atoms with Crippen molar-refractivity contribution in [3.63, 3.8) is 0 Å². The molecule has 0 aromatic rings. The summed E-state index contributed by atoms with van der Waals surface area (Å²) in [5.74, 6) is 0.452. The SMILES string of the molecule is OC(CC1=C(Cl)CN(O)C=C1Cl)C1C=C2C=C2C(OC(F)F)=C(OCC2CC2)C1. The van der Waals surface area contributed by atoms with Gasteiger partial charge in [0.25, 0.3) is 0 Å². The number of allylic oxidation sites excluding steroid dienone is 4. The van der Waals surface area contributed by atoms with Gasteiger partial charge < -0.3 is 14.6 Å². The van der Waals surface area contributed by atoms with Gasteiger partial charge in [-0.25, -0.2) is 0 Å². The number of ether oxygens (including phenoxy) is 2. The molecule has 0 aromatic carbocycles. The second-order valence-corrected chi connectivity index (χ2v) is 8.53. The highest BCUT2D eigenvalue weighted by Gasteiger charge is 2.36. The average molecular weight is 448 g/mol. The molecule has 3 aliphatic carbocycles. The highest BCUT2D eigenvalue weighted by molar-refractivity contribution is 6.36. The third-order valence-electron chi connectivity index (χ3n) is 5.32. The van der Waals surface area contributed by atoms with Crippen molar-refractivity contribution in [2.45, 2.75) is 38.4 Å². The van der Waals surface area contributed by atoms with Crippen LogP contribution in [-0.2, 0) is 9.47 Å². The van der Waals surface area contributed by atoms with Crippen molar-refractivity contribution in [3.05, 3.63) is 56.7 Å². The third-order valence-corrected chi connectivity index (χ3v) is 6.00. The molecule has 2 unspecified atom stereocenters. The van der Waals surface area contributed by atoms with Gasteiger partial charge >= 0.3 is 6.61 Å². The van der Waals surface area contributed by atoms with E-state index < -0.39 is 12.7 Å². The van der Waals surface area contributed by atoms with Crippen LogP contribution in [0, 0.1) is 11.8 Å². The van der Waals surface area contributed by atoms with E-state index in [2.05, 4.69) is 0 Å². The number of halogens is 4. The molecule has 1 aliphatic heterocycles. The smallest absolute Gasteiger partial charge is 0.387 e. The molecule has 0 bridgehead atoms. The van der Waals surface area contributed by atoms with E-state index >= 15 is 0 Å². The van der Waals surface area contributed by atoms with Crippen LogP contribution in [0.3, 0.4) is 0 Å². The Morgan fingerprint density at radius 2 is 2.03 bits per heavy atom. The van der Waals surface area contributed by atoms with E-state index in [1.54, 1.807) is 6.08 Å². The maximum atomic E-state index is 12.9. The molecule has 0 saturated heterocycles. The molecule has 0 spiro atoms. The van der Waals surface area contributed by atoms with Gasteiger partial charge in [-0.05, 0) is 36.0 Å². The normalized spacial score (nSPS) is 25.3. The van der Waals surface area contributed by atoms with Crippen molar-refractivity contribution in [3.8, 4) is 0 Å². The molecule has 1 saturated carbocycles. The van der Waals surface area contributed by atoms with Crippen molar-refractivity contribution in [2.75, 3.05) is 13.2 Å². The number of fused-ring (bicyclic) bond motifs is 1. The fraction of sp³-hybridized carbons (Fsp3) is 0.500. The Balaban J connectivity index is 1.52. The number of aliphatic hydroxyl groups excluding tert-OH is 1. The quantitative estimate of drug-likeness (QED) is 0.560. The van der Waals surface area contributed by atoms with Crippen LogP contribution in [0.5, 0.6) is 0 Å². The molecule has 4 rings (SSSR count). The summed E-state index contributed by atoms with van der Waals surface area (Å²) >= 11 is 12.4. The summed E-state index contributed by atoms with van der Waals surface area (Å²) in [7, 11) is 0. The van der Waals surface area contributed by atoms with E-state index in [-0.39, 0.29) is 36.1 Å². The Morgan fingerprint density at radius 1 is 1.28 bits per heavy atom. The lowest BCUT2D eigenvalue weighted by atomic mass is 9.91. The molecule has 1 fully saturated rings. The Bertz CT molecular complexity index is 845. The van der Waals surface area contributed by atoms with Crippen molar-refractivity contribution in [1.82, 2.24) is 5.06 Å². The topological polar surface area (TPSA) is 62.2 Å². The van der Waals surface area contributed by atoms with Gasteiger partial charge in [-0.3, -0.25) is 10.3 Å². The Labute approximate surface area is 177 Å². The van der Waals surface area contributed by atoms with Gasteiger partial charge in [-0.2, -0.15) is 8.78 Å². The fourth-order valence-corrected chi connectivity index (χ4v) is 4.14. The highest BCUT2D eigenvalue weighted by Crippen LogP contribution is 2.45. The van der Waals surface area contributed by atoms with Crippen LogP contribution in [0.25, 0.3) is 0 Å². The van der Waals surface area contributed by atoms with Gasteiger partial charge in [0.1, 0.15) is 5.76 Å². The predicted octanol–water partition coefficient (Wildman–Crippen LogP) is 4.78. The molecule has 2 atom stereocenters. The summed E-state index contributed by atoms with van der Waals surface area (Å²) < 4.78 is 36.5. The molecular weight excluding hydrogens is 427 g/mol. The molecule has 29 heavy (non-hydrogen) atoms. The number of hydrogen-bond donors (Lipinski definition) is 2. The first-order valence-corrected chi connectivity index (χ1v) is 10.2. The van der Waals surface area contributed by atoms with Gasteiger partial charge in [-0.1, -0.05) is 29.3 Å². The maximum absolute atomic E-state index is 12.9. The number of hydrogen-bond acceptors (Lipinski definition) is 5. The van der Waals surface area contributed by atoms with Gasteiger partial charge in [-0.15, -0.1) is 0 Å². The summed E-state index contributed by atoms with van der Waals surface area (Å²) in [6.45, 7) is -2.42. The summed E-state index contributed by atoms with van der Waals surface area (Å²) in [5, 5.41) is 21.9. The van der Waals surface area contributed by atoms with Crippen LogP contribution >= 0.6 is 23.2 Å². The number of aliphatic hydroxyl groups is 1. The van der Waals surface area contributed by atoms with Crippen molar-refractivity contribution in [2.24, 2.45) is 11.8 Å². The van der Waals surface area contributed by atoms with Crippen LogP contribution in [0.2, 0.25) is 0 Å². The second-order valence-electron chi connectivity index (χ2n) is 7.66. The Morgan fingerprint density at radius 3 is 2.69 bits per heavy atom. The second kappa shape index (κ2) is 8.30. The third kappa shape index (κ3) is 4.97. The monoisotopic (exact) mass is 447 g/mol. The molecule has 0 radical (unpaired) electrons. The van der Waals surface area contributed by atoms with E-state index in [0.717, 1.165) is 23.5 Å². The number of rotatable bonds is 8. The predicted molar refractivity (Wildman–Crippen MR) is 103 cm³/mol. The van der Waals surface area contributed by atoms with Crippen molar-refractivity contribution >= 4 is 23.2 Å². The van der Waals surface area contributed by atoms with Crippen molar-refractivity contribution in [1.29, 1.82) is 0 Å². The van der Waals surface area contributed by atoms with Crippen LogP contribution in [0.1, 0.15) is 25.7 Å². The van der Waals surface area contributed by atoms with E-state index in [1.165, 1.54) is 6.20 Å². The Kier molecular flexibility index (Phi) is 5.93. The minimum atomic E-state index is -2.95. The zero-order valence-corrected chi connectivity index (χ0v) is 17.0. The molecular formula is C20H21Cl2F2NO4. The maximum Gasteiger partial charge on any atom is 0.387 e. The van der Waals surface area contributed by atoms with Gasteiger partial charge in [0.15, 0.2) is 5.76 Å². The van der Waals surface area contributed by atoms with Crippen LogP contribution in [0.15, 0.2) is 56.7 Å². The Hall–Kier alpha value is -1.54. The molecule has 9 heteroatoms. The lowest BCUT2D eigenvalue weighted by Crippen LogP contribution is -2.24. The standard InChI is InChI=1S/C20H21Cl2F2NO4/c21-15-7-25(27)8-16(22)14(15)6-17(26)12-3-11-4-13(11)19(29-20(23)24)18(5-12)28-9-10-1-2-10/h3-4,7,10,12,17,20,26-27H,1-2,5-6,8-9H2. The summed E-state index contributed by atoms with van der Waals surface area (Å²) in [5.41, 5.74) is 1.91. The summed E-state index contributed by atoms with van der Waals surface area (Å²) in [4.78, 5) is 0. The molecule has 2 N–H and O–H groups in total. The van der Waals surface area contributed by atoms with Crippen molar-refractivity contribution < 1.29 is 28.6 Å². The zero-order chi connectivity index (χ0) is 20.7. The van der Waals surface area contributed by atoms with Gasteiger partial charge in [0.05, 0.1) is 24.3 Å². The lowest BCUT2D eigenvalue weighted by Gasteiger charge is -2.26. The zero-order valence-electron chi connectivity index (χ0n) is 15.5. The lowest BCUT2D eigenvalue weighted by molar-refractivity contribution is -0.0973. The first-order chi connectivity index (χ1) is 13.8. The molecule has 1 heterocycles. The highest BCUT2D eigenvalue weighted by atomic mass is 35.5. The number of hydroxylamine groups is 2. The first-order valence-electron chi connectivity index (χ1n) is 9.45. The van der Waals surface area contributed by atoms with E-state index in [1.807, 2.05) is 6.08 Å². The summed E-state index contributed by atoms with van der Waals surface area (Å²) in [6.07, 6.45) is 6.56.